The van der Waals surface area contributed by atoms with Crippen LogP contribution >= 0.6 is 0 Å². The highest BCUT2D eigenvalue weighted by Crippen LogP contribution is 2.54. The van der Waals surface area contributed by atoms with Crippen LogP contribution in [0.4, 0.5) is 5.69 Å². The van der Waals surface area contributed by atoms with Gasteiger partial charge in [0.15, 0.2) is 5.54 Å². The van der Waals surface area contributed by atoms with Crippen molar-refractivity contribution in [3.05, 3.63) is 71.4 Å². The van der Waals surface area contributed by atoms with Crippen molar-refractivity contribution < 1.29 is 32.2 Å². The number of pyridine rings is 1. The maximum atomic E-state index is 15.4. The van der Waals surface area contributed by atoms with E-state index in [1.54, 1.807) is 30.5 Å². The standard InChI is InChI=1S/C39H46N6O7S/c1-4-52-36-31(6-5-15-41-36)39(44-23-29(24-44)42-16-11-28(12-17-42)43-18-13-38(14-19-43)25-51-26-38)32-20-27(22-40)7-9-33(32)45(37(39)46)53(47,48)35-10-8-30(49-2)21-34(35)50-3/h5-10,15,20-21,28-29H,4,11-14,16-19,23-26H2,1-3H3/t39-/m1/s1. The van der Waals surface area contributed by atoms with Crippen LogP contribution in [0.3, 0.4) is 0 Å². The number of nitriles is 1. The average Bonchev–Trinajstić information content (AvgIpc) is 3.41. The van der Waals surface area contributed by atoms with Crippen molar-refractivity contribution in [1.82, 2.24) is 19.7 Å². The summed E-state index contributed by atoms with van der Waals surface area (Å²) >= 11 is 0. The summed E-state index contributed by atoms with van der Waals surface area (Å²) in [5, 5.41) is 10.1. The zero-order chi connectivity index (χ0) is 37.0. The van der Waals surface area contributed by atoms with Crippen LogP contribution in [0.5, 0.6) is 17.4 Å². The zero-order valence-corrected chi connectivity index (χ0v) is 31.3. The normalized spacial score (nSPS) is 24.0. The van der Waals surface area contributed by atoms with E-state index in [1.165, 1.54) is 51.3 Å². The zero-order valence-electron chi connectivity index (χ0n) is 30.5. The Morgan fingerprint density at radius 2 is 1.68 bits per heavy atom. The van der Waals surface area contributed by atoms with Crippen LogP contribution in [0, 0.1) is 16.7 Å². The first-order valence-electron chi connectivity index (χ1n) is 18.4. The summed E-state index contributed by atoms with van der Waals surface area (Å²) in [4.78, 5) is 27.0. The van der Waals surface area contributed by atoms with Crippen molar-refractivity contribution in [1.29, 1.82) is 5.26 Å². The largest absolute Gasteiger partial charge is 0.497 e. The molecule has 1 atom stereocenters. The van der Waals surface area contributed by atoms with Crippen LogP contribution in [0.2, 0.25) is 0 Å². The maximum absolute atomic E-state index is 15.4. The molecular weight excluding hydrogens is 697 g/mol. The molecule has 3 aromatic rings. The Hall–Kier alpha value is -4.26. The summed E-state index contributed by atoms with van der Waals surface area (Å²) in [6.07, 6.45) is 6.20. The van der Waals surface area contributed by atoms with Gasteiger partial charge in [0.1, 0.15) is 16.4 Å². The number of hydrogen-bond donors (Lipinski definition) is 0. The fraction of sp³-hybridized carbons (Fsp3) is 0.513. The van der Waals surface area contributed by atoms with Gasteiger partial charge >= 0.3 is 0 Å². The van der Waals surface area contributed by atoms with Crippen LogP contribution in [0.15, 0.2) is 59.6 Å². The molecule has 1 aromatic heterocycles. The molecule has 14 heteroatoms. The fourth-order valence-corrected chi connectivity index (χ4v) is 10.6. The predicted octanol–water partition coefficient (Wildman–Crippen LogP) is 3.61. The van der Waals surface area contributed by atoms with Gasteiger partial charge in [-0.25, -0.2) is 17.7 Å². The molecule has 0 N–H and O–H groups in total. The van der Waals surface area contributed by atoms with E-state index in [1.807, 2.05) is 11.8 Å². The van der Waals surface area contributed by atoms with E-state index in [2.05, 4.69) is 20.9 Å². The van der Waals surface area contributed by atoms with E-state index >= 15 is 4.79 Å². The third-order valence-corrected chi connectivity index (χ3v) is 13.8. The Labute approximate surface area is 311 Å². The molecule has 1 amide bonds. The number of carbonyl (C=O) groups excluding carboxylic acids is 1. The number of rotatable bonds is 10. The molecule has 53 heavy (non-hydrogen) atoms. The van der Waals surface area contributed by atoms with Gasteiger partial charge in [0.25, 0.3) is 15.9 Å². The van der Waals surface area contributed by atoms with Crippen LogP contribution in [0.25, 0.3) is 0 Å². The third kappa shape index (κ3) is 5.75. The SMILES string of the molecule is CCOc1ncccc1[C@]1(N2CC(N3CCC(N4CCC5(CC4)COC5)CC3)C2)C(=O)N(S(=O)(=O)c2ccc(OC)cc2OC)c2ccc(C#N)cc21. The molecule has 0 unspecified atom stereocenters. The van der Waals surface area contributed by atoms with E-state index < -0.39 is 21.5 Å². The van der Waals surface area contributed by atoms with E-state index in [-0.39, 0.29) is 34.9 Å². The Kier molecular flexibility index (Phi) is 9.35. The highest BCUT2D eigenvalue weighted by Gasteiger charge is 2.63. The summed E-state index contributed by atoms with van der Waals surface area (Å²) in [6, 6.07) is 15.5. The highest BCUT2D eigenvalue weighted by molar-refractivity contribution is 7.93. The first kappa shape index (κ1) is 35.8. The number of methoxy groups -OCH3 is 2. The molecule has 4 saturated heterocycles. The van der Waals surface area contributed by atoms with Gasteiger partial charge in [-0.1, -0.05) is 0 Å². The van der Waals surface area contributed by atoms with Crippen molar-refractivity contribution in [3.63, 3.8) is 0 Å². The number of hydrogen-bond acceptors (Lipinski definition) is 12. The second-order valence-corrected chi connectivity index (χ2v) is 16.5. The van der Waals surface area contributed by atoms with E-state index in [9.17, 15) is 13.7 Å². The molecule has 0 bridgehead atoms. The number of anilines is 1. The molecule has 0 saturated carbocycles. The van der Waals surface area contributed by atoms with Gasteiger partial charge in [-0.3, -0.25) is 14.6 Å². The lowest BCUT2D eigenvalue weighted by molar-refractivity contribution is -0.145. The number of carbonyl (C=O) groups is 1. The summed E-state index contributed by atoms with van der Waals surface area (Å²) in [5.74, 6) is -0.0116. The Bertz CT molecular complexity index is 2030. The Morgan fingerprint density at radius 3 is 2.32 bits per heavy atom. The number of piperidine rings is 2. The molecule has 280 valence electrons. The number of likely N-dealkylation sites (tertiary alicyclic amines) is 3. The summed E-state index contributed by atoms with van der Waals surface area (Å²) in [6.45, 7) is 9.15. The van der Waals surface area contributed by atoms with Crippen molar-refractivity contribution >= 4 is 21.6 Å². The molecule has 5 aliphatic heterocycles. The predicted molar refractivity (Wildman–Crippen MR) is 196 cm³/mol. The maximum Gasteiger partial charge on any atom is 0.274 e. The number of nitrogens with zero attached hydrogens (tertiary/aromatic N) is 6. The molecule has 0 aliphatic carbocycles. The molecule has 5 aliphatic rings. The Morgan fingerprint density at radius 1 is 0.943 bits per heavy atom. The molecule has 4 fully saturated rings. The first-order chi connectivity index (χ1) is 25.7. The topological polar surface area (TPSA) is 138 Å². The van der Waals surface area contributed by atoms with Gasteiger partial charge in [0.05, 0.1) is 51.4 Å². The Balaban J connectivity index is 1.13. The van der Waals surface area contributed by atoms with Crippen LogP contribution in [-0.2, 0) is 25.1 Å². The van der Waals surface area contributed by atoms with Crippen LogP contribution in [0.1, 0.15) is 49.3 Å². The van der Waals surface area contributed by atoms with Gasteiger partial charge in [0, 0.05) is 67.1 Å². The number of aromatic nitrogens is 1. The van der Waals surface area contributed by atoms with Crippen LogP contribution in [-0.4, -0.2) is 119 Å². The van der Waals surface area contributed by atoms with Gasteiger partial charge in [-0.05, 0) is 88.2 Å². The summed E-state index contributed by atoms with van der Waals surface area (Å²) in [7, 11) is -1.71. The number of amides is 1. The third-order valence-electron chi connectivity index (χ3n) is 12.1. The lowest BCUT2D eigenvalue weighted by Gasteiger charge is -2.54. The van der Waals surface area contributed by atoms with E-state index in [0.717, 1.165) is 56.5 Å². The van der Waals surface area contributed by atoms with Gasteiger partial charge in [0.2, 0.25) is 5.88 Å². The fourth-order valence-electron chi connectivity index (χ4n) is 9.04. The molecule has 2 aromatic carbocycles. The highest BCUT2D eigenvalue weighted by atomic mass is 32.2. The number of sulfonamides is 1. The second-order valence-electron chi connectivity index (χ2n) is 14.8. The number of ether oxygens (including phenoxy) is 4. The minimum Gasteiger partial charge on any atom is -0.497 e. The van der Waals surface area contributed by atoms with Crippen molar-refractivity contribution in [2.45, 2.75) is 55.1 Å². The van der Waals surface area contributed by atoms with Gasteiger partial charge < -0.3 is 23.8 Å². The first-order valence-corrected chi connectivity index (χ1v) is 19.9. The number of fused-ring (bicyclic) bond motifs is 1. The average molecular weight is 743 g/mol. The minimum atomic E-state index is -4.56. The van der Waals surface area contributed by atoms with E-state index in [0.29, 0.717) is 47.0 Å². The molecule has 13 nitrogen and oxygen atoms in total. The molecule has 1 spiro atoms. The molecular formula is C39H46N6O7S. The quantitative estimate of drug-likeness (QED) is 0.300. The minimum absolute atomic E-state index is 0.0368. The van der Waals surface area contributed by atoms with Crippen molar-refractivity contribution in [2.24, 2.45) is 5.41 Å². The molecule has 6 heterocycles. The van der Waals surface area contributed by atoms with Crippen molar-refractivity contribution in [2.75, 3.05) is 77.6 Å². The summed E-state index contributed by atoms with van der Waals surface area (Å²) in [5.41, 5.74) is 0.0647. The molecule has 0 radical (unpaired) electrons. The van der Waals surface area contributed by atoms with Crippen molar-refractivity contribution in [3.8, 4) is 23.4 Å². The van der Waals surface area contributed by atoms with Gasteiger partial charge in [-0.2, -0.15) is 5.26 Å². The monoisotopic (exact) mass is 742 g/mol. The van der Waals surface area contributed by atoms with Crippen LogP contribution < -0.4 is 18.5 Å². The smallest absolute Gasteiger partial charge is 0.274 e. The lowest BCUT2D eigenvalue weighted by atomic mass is 9.76. The summed E-state index contributed by atoms with van der Waals surface area (Å²) < 4.78 is 52.8. The number of benzene rings is 2. The lowest BCUT2D eigenvalue weighted by Crippen LogP contribution is -2.69. The molecule has 8 rings (SSSR count). The van der Waals surface area contributed by atoms with E-state index in [4.69, 9.17) is 18.9 Å². The van der Waals surface area contributed by atoms with Gasteiger partial charge in [-0.15, -0.1) is 0 Å². The second kappa shape index (κ2) is 13.9.